The van der Waals surface area contributed by atoms with Gasteiger partial charge in [-0.05, 0) is 37.6 Å². The van der Waals surface area contributed by atoms with Crippen molar-refractivity contribution in [3.63, 3.8) is 0 Å². The lowest BCUT2D eigenvalue weighted by Crippen LogP contribution is -2.61. The fourth-order valence-electron chi connectivity index (χ4n) is 1.88. The minimum absolute atomic E-state index is 0.158. The maximum atomic E-state index is 13.0. The Morgan fingerprint density at radius 1 is 1.50 bits per heavy atom. The lowest BCUT2D eigenvalue weighted by atomic mass is 9.95. The van der Waals surface area contributed by atoms with Gasteiger partial charge in [-0.15, -0.1) is 0 Å². The van der Waals surface area contributed by atoms with Crippen molar-refractivity contribution in [2.45, 2.75) is 19.4 Å². The molecule has 0 saturated carbocycles. The molecular formula is C12H14FNO2. The van der Waals surface area contributed by atoms with Gasteiger partial charge in [0.15, 0.2) is 0 Å². The van der Waals surface area contributed by atoms with Gasteiger partial charge in [-0.2, -0.15) is 0 Å². The van der Waals surface area contributed by atoms with Gasteiger partial charge in [0.2, 0.25) is 0 Å². The van der Waals surface area contributed by atoms with Crippen LogP contribution in [0.4, 0.5) is 4.39 Å². The van der Waals surface area contributed by atoms with E-state index in [4.69, 9.17) is 0 Å². The number of β-amino-alcohol motifs (C(OH)–C–C–N with tert-alkyl or cyclic N) is 1. The number of carbonyl (C=O) groups is 1. The molecule has 0 aliphatic carbocycles. The molecule has 0 spiro atoms. The number of carbonyl (C=O) groups excluding carboxylic acids is 1. The smallest absolute Gasteiger partial charge is 0.254 e. The zero-order chi connectivity index (χ0) is 11.9. The molecule has 1 amide bonds. The van der Waals surface area contributed by atoms with Crippen molar-refractivity contribution in [3.8, 4) is 0 Å². The molecule has 1 N–H and O–H groups in total. The van der Waals surface area contributed by atoms with Crippen LogP contribution >= 0.6 is 0 Å². The lowest BCUT2D eigenvalue weighted by Gasteiger charge is -2.44. The highest BCUT2D eigenvalue weighted by Gasteiger charge is 2.39. The van der Waals surface area contributed by atoms with E-state index in [0.717, 1.165) is 0 Å². The van der Waals surface area contributed by atoms with E-state index in [9.17, 15) is 14.3 Å². The topological polar surface area (TPSA) is 40.5 Å². The van der Waals surface area contributed by atoms with Crippen LogP contribution in [0.15, 0.2) is 18.2 Å². The van der Waals surface area contributed by atoms with Gasteiger partial charge in [-0.3, -0.25) is 4.79 Å². The lowest BCUT2D eigenvalue weighted by molar-refractivity contribution is -0.0668. The number of nitrogens with zero attached hydrogens (tertiary/aromatic N) is 1. The van der Waals surface area contributed by atoms with E-state index in [1.165, 1.54) is 18.2 Å². The summed E-state index contributed by atoms with van der Waals surface area (Å²) in [4.78, 5) is 13.4. The third kappa shape index (κ3) is 1.93. The normalized spacial score (nSPS) is 18.1. The molecule has 1 aliphatic heterocycles. The molecule has 1 heterocycles. The second kappa shape index (κ2) is 3.56. The van der Waals surface area contributed by atoms with E-state index in [1.807, 2.05) is 0 Å². The predicted molar refractivity (Wildman–Crippen MR) is 57.7 cm³/mol. The van der Waals surface area contributed by atoms with E-state index in [2.05, 4.69) is 0 Å². The molecule has 1 aliphatic rings. The number of amides is 1. The van der Waals surface area contributed by atoms with Gasteiger partial charge in [-0.25, -0.2) is 4.39 Å². The highest BCUT2D eigenvalue weighted by Crippen LogP contribution is 2.22. The molecule has 2 rings (SSSR count). The molecule has 4 heteroatoms. The first-order valence-corrected chi connectivity index (χ1v) is 5.17. The Hall–Kier alpha value is -1.42. The van der Waals surface area contributed by atoms with Crippen LogP contribution in [-0.2, 0) is 0 Å². The number of rotatable bonds is 1. The fourth-order valence-corrected chi connectivity index (χ4v) is 1.88. The van der Waals surface area contributed by atoms with Gasteiger partial charge < -0.3 is 10.0 Å². The molecule has 1 saturated heterocycles. The van der Waals surface area contributed by atoms with Crippen molar-refractivity contribution in [1.29, 1.82) is 0 Å². The molecule has 1 aromatic carbocycles. The molecule has 1 fully saturated rings. The van der Waals surface area contributed by atoms with Gasteiger partial charge in [0.05, 0.1) is 18.7 Å². The van der Waals surface area contributed by atoms with Crippen LogP contribution in [0.1, 0.15) is 22.8 Å². The maximum absolute atomic E-state index is 13.0. The molecule has 0 radical (unpaired) electrons. The van der Waals surface area contributed by atoms with Gasteiger partial charge in [-0.1, -0.05) is 0 Å². The van der Waals surface area contributed by atoms with Crippen molar-refractivity contribution in [1.82, 2.24) is 4.90 Å². The number of aliphatic hydroxyl groups is 1. The van der Waals surface area contributed by atoms with E-state index in [0.29, 0.717) is 24.2 Å². The van der Waals surface area contributed by atoms with E-state index >= 15 is 0 Å². The van der Waals surface area contributed by atoms with Crippen molar-refractivity contribution < 1.29 is 14.3 Å². The summed E-state index contributed by atoms with van der Waals surface area (Å²) in [7, 11) is 0. The van der Waals surface area contributed by atoms with Crippen LogP contribution in [0, 0.1) is 12.7 Å². The van der Waals surface area contributed by atoms with Gasteiger partial charge in [0, 0.05) is 5.56 Å². The second-order valence-corrected chi connectivity index (χ2v) is 4.62. The number of hydrogen-bond donors (Lipinski definition) is 1. The van der Waals surface area contributed by atoms with Crippen LogP contribution in [-0.4, -0.2) is 34.6 Å². The zero-order valence-electron chi connectivity index (χ0n) is 9.33. The summed E-state index contributed by atoms with van der Waals surface area (Å²) < 4.78 is 13.0. The molecule has 0 bridgehead atoms. The Morgan fingerprint density at radius 3 is 2.62 bits per heavy atom. The second-order valence-electron chi connectivity index (χ2n) is 4.62. The molecule has 16 heavy (non-hydrogen) atoms. The molecule has 0 unspecified atom stereocenters. The average molecular weight is 223 g/mol. The summed E-state index contributed by atoms with van der Waals surface area (Å²) in [5.74, 6) is -0.471. The monoisotopic (exact) mass is 223 g/mol. The van der Waals surface area contributed by atoms with E-state index in [-0.39, 0.29) is 11.7 Å². The minimum Gasteiger partial charge on any atom is -0.386 e. The Bertz CT molecular complexity index is 435. The molecule has 0 atom stereocenters. The van der Waals surface area contributed by atoms with Gasteiger partial charge in [0.1, 0.15) is 5.82 Å². The Balaban J connectivity index is 2.13. The third-order valence-electron chi connectivity index (χ3n) is 2.76. The molecule has 86 valence electrons. The number of halogens is 1. The molecule has 0 aromatic heterocycles. The van der Waals surface area contributed by atoms with E-state index in [1.54, 1.807) is 18.7 Å². The Labute approximate surface area is 93.5 Å². The van der Waals surface area contributed by atoms with Gasteiger partial charge in [0.25, 0.3) is 5.91 Å². The van der Waals surface area contributed by atoms with Gasteiger partial charge >= 0.3 is 0 Å². The van der Waals surface area contributed by atoms with Crippen molar-refractivity contribution >= 4 is 5.91 Å². The molecule has 3 nitrogen and oxygen atoms in total. The molecular weight excluding hydrogens is 209 g/mol. The summed E-state index contributed by atoms with van der Waals surface area (Å²) in [6, 6.07) is 4.29. The average Bonchev–Trinajstić information content (AvgIpc) is 2.17. The van der Waals surface area contributed by atoms with E-state index < -0.39 is 5.60 Å². The highest BCUT2D eigenvalue weighted by molar-refractivity contribution is 5.95. The Morgan fingerprint density at radius 2 is 2.12 bits per heavy atom. The van der Waals surface area contributed by atoms with Crippen LogP contribution in [0.3, 0.4) is 0 Å². The Kier molecular flexibility index (Phi) is 2.46. The summed E-state index contributed by atoms with van der Waals surface area (Å²) in [6.07, 6.45) is 0. The first kappa shape index (κ1) is 11.1. The maximum Gasteiger partial charge on any atom is 0.254 e. The van der Waals surface area contributed by atoms with Crippen LogP contribution in [0.5, 0.6) is 0 Å². The molecule has 1 aromatic rings. The number of hydrogen-bond acceptors (Lipinski definition) is 2. The van der Waals surface area contributed by atoms with Crippen LogP contribution < -0.4 is 0 Å². The summed E-state index contributed by atoms with van der Waals surface area (Å²) in [6.45, 7) is 3.98. The fraction of sp³-hybridized carbons (Fsp3) is 0.417. The van der Waals surface area contributed by atoms with Crippen molar-refractivity contribution in [3.05, 3.63) is 35.1 Å². The standard InChI is InChI=1S/C12H14FNO2/c1-8-5-9(3-4-10(8)13)11(15)14-6-12(2,16)7-14/h3-5,16H,6-7H2,1-2H3. The summed E-state index contributed by atoms with van der Waals surface area (Å²) in [5, 5.41) is 9.52. The van der Waals surface area contributed by atoms with Crippen molar-refractivity contribution in [2.75, 3.05) is 13.1 Å². The predicted octanol–water partition coefficient (Wildman–Crippen LogP) is 1.34. The van der Waals surface area contributed by atoms with Crippen molar-refractivity contribution in [2.24, 2.45) is 0 Å². The highest BCUT2D eigenvalue weighted by atomic mass is 19.1. The third-order valence-corrected chi connectivity index (χ3v) is 2.76. The number of likely N-dealkylation sites (tertiary alicyclic amines) is 1. The quantitative estimate of drug-likeness (QED) is 0.780. The summed E-state index contributed by atoms with van der Waals surface area (Å²) in [5.41, 5.74) is 0.151. The van der Waals surface area contributed by atoms with Crippen LogP contribution in [0.25, 0.3) is 0 Å². The minimum atomic E-state index is -0.773. The SMILES string of the molecule is Cc1cc(C(=O)N2CC(C)(O)C2)ccc1F. The summed E-state index contributed by atoms with van der Waals surface area (Å²) >= 11 is 0. The largest absolute Gasteiger partial charge is 0.386 e. The number of aryl methyl sites for hydroxylation is 1. The zero-order valence-corrected chi connectivity index (χ0v) is 9.33. The first-order chi connectivity index (χ1) is 7.39. The van der Waals surface area contributed by atoms with Crippen LogP contribution in [0.2, 0.25) is 0 Å². The number of benzene rings is 1. The first-order valence-electron chi connectivity index (χ1n) is 5.17.